The van der Waals surface area contributed by atoms with Crippen LogP contribution >= 0.6 is 0 Å². The molecule has 1 saturated carbocycles. The standard InChI is InChI=1S/C11H23N3O/c1-9(10(12)15)13-8-11(14(2)3)6-4-5-7-11/h9,13H,4-8H2,1-3H3,(H2,12,15). The lowest BCUT2D eigenvalue weighted by atomic mass is 9.95. The van der Waals surface area contributed by atoms with Crippen molar-refractivity contribution in [2.75, 3.05) is 20.6 Å². The summed E-state index contributed by atoms with van der Waals surface area (Å²) in [5.74, 6) is -0.276. The summed E-state index contributed by atoms with van der Waals surface area (Å²) < 4.78 is 0. The Morgan fingerprint density at radius 3 is 2.40 bits per heavy atom. The molecule has 1 atom stereocenters. The predicted octanol–water partition coefficient (Wildman–Crippen LogP) is 0.324. The molecule has 0 spiro atoms. The van der Waals surface area contributed by atoms with Gasteiger partial charge in [0.1, 0.15) is 0 Å². The fraction of sp³-hybridized carbons (Fsp3) is 0.909. The van der Waals surface area contributed by atoms with E-state index >= 15 is 0 Å². The van der Waals surface area contributed by atoms with Crippen LogP contribution in [0.3, 0.4) is 0 Å². The van der Waals surface area contributed by atoms with Crippen LogP contribution in [0.5, 0.6) is 0 Å². The Morgan fingerprint density at radius 2 is 2.00 bits per heavy atom. The Hall–Kier alpha value is -0.610. The molecule has 1 fully saturated rings. The van der Waals surface area contributed by atoms with E-state index in [0.717, 1.165) is 6.54 Å². The minimum Gasteiger partial charge on any atom is -0.368 e. The largest absolute Gasteiger partial charge is 0.368 e. The zero-order valence-electron chi connectivity index (χ0n) is 10.0. The zero-order valence-corrected chi connectivity index (χ0v) is 10.0. The van der Waals surface area contributed by atoms with Gasteiger partial charge >= 0.3 is 0 Å². The van der Waals surface area contributed by atoms with Gasteiger partial charge in [0.25, 0.3) is 0 Å². The molecular weight excluding hydrogens is 190 g/mol. The summed E-state index contributed by atoms with van der Waals surface area (Å²) in [7, 11) is 4.23. The van der Waals surface area contributed by atoms with E-state index in [0.29, 0.717) is 0 Å². The molecule has 88 valence electrons. The molecule has 1 amide bonds. The van der Waals surface area contributed by atoms with Crippen molar-refractivity contribution in [3.63, 3.8) is 0 Å². The highest BCUT2D eigenvalue weighted by Gasteiger charge is 2.35. The van der Waals surface area contributed by atoms with Gasteiger partial charge < -0.3 is 16.0 Å². The number of nitrogens with one attached hydrogen (secondary N) is 1. The minimum absolute atomic E-state index is 0.226. The van der Waals surface area contributed by atoms with Gasteiger partial charge in [-0.2, -0.15) is 0 Å². The van der Waals surface area contributed by atoms with Crippen LogP contribution in [0.25, 0.3) is 0 Å². The fourth-order valence-electron chi connectivity index (χ4n) is 2.26. The summed E-state index contributed by atoms with van der Waals surface area (Å²) in [6.45, 7) is 2.67. The van der Waals surface area contributed by atoms with Crippen LogP contribution in [0.1, 0.15) is 32.6 Å². The molecule has 0 heterocycles. The first-order valence-electron chi connectivity index (χ1n) is 5.68. The summed E-state index contributed by atoms with van der Waals surface area (Å²) in [5.41, 5.74) is 5.45. The van der Waals surface area contributed by atoms with Gasteiger partial charge in [-0.05, 0) is 33.9 Å². The van der Waals surface area contributed by atoms with Gasteiger partial charge in [0.15, 0.2) is 0 Å². The number of likely N-dealkylation sites (N-methyl/N-ethyl adjacent to an activating group) is 1. The van der Waals surface area contributed by atoms with Gasteiger partial charge in [0.2, 0.25) is 5.91 Å². The molecule has 3 N–H and O–H groups in total. The van der Waals surface area contributed by atoms with Crippen LogP contribution in [0.15, 0.2) is 0 Å². The quantitative estimate of drug-likeness (QED) is 0.691. The molecule has 0 aromatic carbocycles. The molecule has 1 unspecified atom stereocenters. The number of rotatable bonds is 5. The van der Waals surface area contributed by atoms with Crippen molar-refractivity contribution in [1.29, 1.82) is 0 Å². The maximum atomic E-state index is 10.9. The molecule has 4 nitrogen and oxygen atoms in total. The number of nitrogens with two attached hydrogens (primary N) is 1. The summed E-state index contributed by atoms with van der Waals surface area (Å²) in [4.78, 5) is 13.2. The highest BCUT2D eigenvalue weighted by atomic mass is 16.1. The second kappa shape index (κ2) is 4.94. The van der Waals surface area contributed by atoms with E-state index in [1.54, 1.807) is 0 Å². The SMILES string of the molecule is CC(NCC1(N(C)C)CCCC1)C(N)=O. The maximum absolute atomic E-state index is 10.9. The van der Waals surface area contributed by atoms with E-state index in [1.165, 1.54) is 25.7 Å². The number of primary amides is 1. The lowest BCUT2D eigenvalue weighted by Crippen LogP contribution is -2.53. The first kappa shape index (κ1) is 12.5. The molecule has 0 aromatic heterocycles. The molecule has 1 aliphatic rings. The van der Waals surface area contributed by atoms with E-state index in [2.05, 4.69) is 24.3 Å². The third kappa shape index (κ3) is 2.92. The lowest BCUT2D eigenvalue weighted by molar-refractivity contribution is -0.119. The summed E-state index contributed by atoms with van der Waals surface area (Å²) >= 11 is 0. The lowest BCUT2D eigenvalue weighted by Gasteiger charge is -2.37. The van der Waals surface area contributed by atoms with Crippen molar-refractivity contribution in [3.05, 3.63) is 0 Å². The normalized spacial score (nSPS) is 21.9. The van der Waals surface area contributed by atoms with E-state index in [4.69, 9.17) is 5.73 Å². The van der Waals surface area contributed by atoms with Crippen LogP contribution in [0.2, 0.25) is 0 Å². The summed E-state index contributed by atoms with van der Waals surface area (Å²) in [5, 5.41) is 3.23. The number of carbonyl (C=O) groups is 1. The number of carbonyl (C=O) groups excluding carboxylic acids is 1. The predicted molar refractivity (Wildman–Crippen MR) is 61.5 cm³/mol. The topological polar surface area (TPSA) is 58.4 Å². The summed E-state index contributed by atoms with van der Waals surface area (Å²) in [6, 6.07) is -0.234. The zero-order chi connectivity index (χ0) is 11.5. The van der Waals surface area contributed by atoms with Gasteiger partial charge in [-0.3, -0.25) is 4.79 Å². The van der Waals surface area contributed by atoms with Crippen molar-refractivity contribution in [2.45, 2.75) is 44.2 Å². The fourth-order valence-corrected chi connectivity index (χ4v) is 2.26. The number of hydrogen-bond acceptors (Lipinski definition) is 3. The molecule has 0 bridgehead atoms. The van der Waals surface area contributed by atoms with Crippen molar-refractivity contribution in [2.24, 2.45) is 5.73 Å². The van der Waals surface area contributed by atoms with E-state index in [9.17, 15) is 4.79 Å². The van der Waals surface area contributed by atoms with Crippen LogP contribution in [0.4, 0.5) is 0 Å². The average molecular weight is 213 g/mol. The van der Waals surface area contributed by atoms with Crippen LogP contribution in [-0.2, 0) is 4.79 Å². The smallest absolute Gasteiger partial charge is 0.234 e. The highest BCUT2D eigenvalue weighted by molar-refractivity contribution is 5.79. The number of amides is 1. The second-order valence-electron chi connectivity index (χ2n) is 4.83. The Kier molecular flexibility index (Phi) is 4.11. The van der Waals surface area contributed by atoms with E-state index in [1.807, 2.05) is 6.92 Å². The van der Waals surface area contributed by atoms with Crippen molar-refractivity contribution < 1.29 is 4.79 Å². The number of nitrogens with zero attached hydrogens (tertiary/aromatic N) is 1. The van der Waals surface area contributed by atoms with Gasteiger partial charge in [0.05, 0.1) is 6.04 Å². The van der Waals surface area contributed by atoms with Crippen LogP contribution in [0, 0.1) is 0 Å². The highest BCUT2D eigenvalue weighted by Crippen LogP contribution is 2.33. The third-order valence-corrected chi connectivity index (χ3v) is 3.65. The molecular formula is C11H23N3O. The molecule has 15 heavy (non-hydrogen) atoms. The maximum Gasteiger partial charge on any atom is 0.234 e. The molecule has 0 saturated heterocycles. The van der Waals surface area contributed by atoms with Gasteiger partial charge in [0, 0.05) is 12.1 Å². The molecule has 1 aliphatic carbocycles. The first-order valence-corrected chi connectivity index (χ1v) is 5.68. The molecule has 0 aliphatic heterocycles. The average Bonchev–Trinajstić information content (AvgIpc) is 2.63. The first-order chi connectivity index (χ1) is 6.98. The van der Waals surface area contributed by atoms with Crippen molar-refractivity contribution >= 4 is 5.91 Å². The van der Waals surface area contributed by atoms with Gasteiger partial charge in [-0.1, -0.05) is 12.8 Å². The van der Waals surface area contributed by atoms with E-state index in [-0.39, 0.29) is 17.5 Å². The Labute approximate surface area is 92.2 Å². The third-order valence-electron chi connectivity index (χ3n) is 3.65. The van der Waals surface area contributed by atoms with Gasteiger partial charge in [-0.15, -0.1) is 0 Å². The van der Waals surface area contributed by atoms with Crippen LogP contribution < -0.4 is 11.1 Å². The number of hydrogen-bond donors (Lipinski definition) is 2. The van der Waals surface area contributed by atoms with Crippen molar-refractivity contribution in [3.8, 4) is 0 Å². The molecule has 1 rings (SSSR count). The molecule has 0 aromatic rings. The van der Waals surface area contributed by atoms with Crippen molar-refractivity contribution in [1.82, 2.24) is 10.2 Å². The molecule has 4 heteroatoms. The Bertz CT molecular complexity index is 222. The molecule has 0 radical (unpaired) electrons. The minimum atomic E-state index is -0.276. The Balaban J connectivity index is 2.49. The van der Waals surface area contributed by atoms with Gasteiger partial charge in [-0.25, -0.2) is 0 Å². The monoisotopic (exact) mass is 213 g/mol. The summed E-state index contributed by atoms with van der Waals surface area (Å²) in [6.07, 6.45) is 4.98. The second-order valence-corrected chi connectivity index (χ2v) is 4.83. The van der Waals surface area contributed by atoms with E-state index < -0.39 is 0 Å². The van der Waals surface area contributed by atoms with Crippen LogP contribution in [-0.4, -0.2) is 43.0 Å². The Morgan fingerprint density at radius 1 is 1.47 bits per heavy atom.